The van der Waals surface area contributed by atoms with Crippen molar-refractivity contribution in [3.8, 4) is 0 Å². The number of anilines is 1. The van der Waals surface area contributed by atoms with E-state index >= 15 is 0 Å². The molecule has 6 nitrogen and oxygen atoms in total. The Morgan fingerprint density at radius 3 is 2.78 bits per heavy atom. The molecule has 0 unspecified atom stereocenters. The molecule has 0 spiro atoms. The topological polar surface area (TPSA) is 54.3 Å². The molecule has 0 N–H and O–H groups in total. The van der Waals surface area contributed by atoms with Gasteiger partial charge in [0.05, 0.1) is 12.1 Å². The van der Waals surface area contributed by atoms with Crippen molar-refractivity contribution in [2.24, 2.45) is 5.92 Å². The van der Waals surface area contributed by atoms with E-state index in [1.165, 1.54) is 5.69 Å². The molecule has 1 fully saturated rings. The summed E-state index contributed by atoms with van der Waals surface area (Å²) in [5.74, 6) is 2.75. The Labute approximate surface area is 189 Å². The Bertz CT molecular complexity index is 1220. The normalized spacial score (nSPS) is 20.2. The van der Waals surface area contributed by atoms with Gasteiger partial charge in [-0.2, -0.15) is 0 Å². The number of benzene rings is 1. The zero-order chi connectivity index (χ0) is 22.2. The van der Waals surface area contributed by atoms with Gasteiger partial charge < -0.3 is 9.47 Å². The summed E-state index contributed by atoms with van der Waals surface area (Å²) in [7, 11) is 0. The first-order chi connectivity index (χ1) is 15.5. The highest BCUT2D eigenvalue weighted by Gasteiger charge is 2.34. The molecular formula is C26H31N5O. The summed E-state index contributed by atoms with van der Waals surface area (Å²) in [6.45, 7) is 13.4. The number of hydrogen-bond donors (Lipinski definition) is 0. The van der Waals surface area contributed by atoms with Crippen molar-refractivity contribution in [1.29, 1.82) is 0 Å². The molecule has 0 saturated carbocycles. The first-order valence-corrected chi connectivity index (χ1v) is 11.6. The summed E-state index contributed by atoms with van der Waals surface area (Å²) in [6.07, 6.45) is 1.16. The number of likely N-dealkylation sites (tertiary alicyclic amines) is 1. The minimum Gasteiger partial charge on any atom is -0.352 e. The smallest absolute Gasteiger partial charge is 0.250 e. The van der Waals surface area contributed by atoms with Crippen LogP contribution in [0.1, 0.15) is 37.7 Å². The van der Waals surface area contributed by atoms with Crippen LogP contribution in [0, 0.1) is 5.92 Å². The highest BCUT2D eigenvalue weighted by molar-refractivity contribution is 5.89. The third-order valence-corrected chi connectivity index (χ3v) is 6.69. The van der Waals surface area contributed by atoms with Gasteiger partial charge in [0.2, 0.25) is 0 Å². The average molecular weight is 430 g/mol. The SMILES string of the molecule is C=C(C)CN(CC)c1nc(CN2C[C@@H]3C[C@@H](C2)c2cccc(=O)n2C3)nc2ccccc12. The molecule has 2 bridgehead atoms. The molecule has 0 aliphatic carbocycles. The maximum absolute atomic E-state index is 12.3. The number of nitrogens with zero attached hydrogens (tertiary/aromatic N) is 5. The van der Waals surface area contributed by atoms with Crippen LogP contribution in [-0.2, 0) is 13.1 Å². The quantitative estimate of drug-likeness (QED) is 0.558. The summed E-state index contributed by atoms with van der Waals surface area (Å²) in [5.41, 5.74) is 3.41. The second kappa shape index (κ2) is 8.51. The van der Waals surface area contributed by atoms with Gasteiger partial charge in [0.25, 0.3) is 5.56 Å². The van der Waals surface area contributed by atoms with E-state index in [4.69, 9.17) is 9.97 Å². The zero-order valence-electron chi connectivity index (χ0n) is 19.0. The molecule has 0 amide bonds. The van der Waals surface area contributed by atoms with Gasteiger partial charge in [0.15, 0.2) is 0 Å². The largest absolute Gasteiger partial charge is 0.352 e. The molecule has 4 heterocycles. The van der Waals surface area contributed by atoms with Crippen molar-refractivity contribution in [3.05, 3.63) is 76.5 Å². The lowest BCUT2D eigenvalue weighted by Crippen LogP contribution is -2.46. The number of fused-ring (bicyclic) bond motifs is 5. The van der Waals surface area contributed by atoms with Crippen LogP contribution in [-0.4, -0.2) is 45.6 Å². The van der Waals surface area contributed by atoms with E-state index in [0.29, 0.717) is 11.8 Å². The third-order valence-electron chi connectivity index (χ3n) is 6.69. The second-order valence-corrected chi connectivity index (χ2v) is 9.34. The van der Waals surface area contributed by atoms with Crippen LogP contribution in [0.4, 0.5) is 5.82 Å². The van der Waals surface area contributed by atoms with Gasteiger partial charge in [-0.15, -0.1) is 0 Å². The lowest BCUT2D eigenvalue weighted by atomic mass is 9.83. The monoisotopic (exact) mass is 429 g/mol. The highest BCUT2D eigenvalue weighted by atomic mass is 16.1. The number of rotatable bonds is 6. The lowest BCUT2D eigenvalue weighted by Gasteiger charge is -2.42. The fraction of sp³-hybridized carbons (Fsp3) is 0.423. The van der Waals surface area contributed by atoms with E-state index in [0.717, 1.165) is 73.8 Å². The van der Waals surface area contributed by atoms with Crippen LogP contribution in [0.5, 0.6) is 0 Å². The summed E-state index contributed by atoms with van der Waals surface area (Å²) in [6, 6.07) is 14.0. The van der Waals surface area contributed by atoms with Crippen LogP contribution >= 0.6 is 0 Å². The first kappa shape index (κ1) is 20.9. The predicted octanol–water partition coefficient (Wildman–Crippen LogP) is 3.81. The Hall–Kier alpha value is -2.99. The molecule has 2 aliphatic heterocycles. The fourth-order valence-corrected chi connectivity index (χ4v) is 5.41. The molecule has 1 aromatic carbocycles. The van der Waals surface area contributed by atoms with Crippen molar-refractivity contribution < 1.29 is 0 Å². The lowest BCUT2D eigenvalue weighted by molar-refractivity contribution is 0.112. The van der Waals surface area contributed by atoms with Gasteiger partial charge in [0, 0.05) is 55.8 Å². The van der Waals surface area contributed by atoms with Gasteiger partial charge in [-0.1, -0.05) is 30.4 Å². The number of aromatic nitrogens is 3. The Balaban J connectivity index is 1.45. The minimum absolute atomic E-state index is 0.130. The summed E-state index contributed by atoms with van der Waals surface area (Å²) >= 11 is 0. The molecule has 1 saturated heterocycles. The maximum atomic E-state index is 12.3. The predicted molar refractivity (Wildman–Crippen MR) is 129 cm³/mol. The molecule has 6 heteroatoms. The minimum atomic E-state index is 0.130. The van der Waals surface area contributed by atoms with Gasteiger partial charge >= 0.3 is 0 Å². The van der Waals surface area contributed by atoms with Gasteiger partial charge in [-0.05, 0) is 44.4 Å². The molecule has 166 valence electrons. The van der Waals surface area contributed by atoms with Crippen LogP contribution in [0.3, 0.4) is 0 Å². The number of pyridine rings is 1. The van der Waals surface area contributed by atoms with Crippen molar-refractivity contribution in [3.63, 3.8) is 0 Å². The Morgan fingerprint density at radius 2 is 1.97 bits per heavy atom. The standard InChI is InChI=1S/C26H31N5O/c1-4-30(13-18(2)3)26-21-8-5-6-9-22(21)27-24(28-26)17-29-14-19-12-20(16-29)23-10-7-11-25(32)31(23)15-19/h5-11,19-20H,2,4,12-17H2,1,3H3/t19-,20-/m0/s1. The maximum Gasteiger partial charge on any atom is 0.250 e. The van der Waals surface area contributed by atoms with Crippen molar-refractivity contribution >= 4 is 16.7 Å². The second-order valence-electron chi connectivity index (χ2n) is 9.34. The summed E-state index contributed by atoms with van der Waals surface area (Å²) in [4.78, 5) is 27.0. The molecule has 2 aromatic heterocycles. The van der Waals surface area contributed by atoms with E-state index in [-0.39, 0.29) is 5.56 Å². The molecular weight excluding hydrogens is 398 g/mol. The van der Waals surface area contributed by atoms with Crippen molar-refractivity contribution in [1.82, 2.24) is 19.4 Å². The number of piperidine rings is 1. The summed E-state index contributed by atoms with van der Waals surface area (Å²) < 4.78 is 1.98. The van der Waals surface area contributed by atoms with Gasteiger partial charge in [-0.3, -0.25) is 9.69 Å². The van der Waals surface area contributed by atoms with Crippen LogP contribution < -0.4 is 10.5 Å². The fourth-order valence-electron chi connectivity index (χ4n) is 5.41. The molecule has 0 radical (unpaired) electrons. The van der Waals surface area contributed by atoms with Gasteiger partial charge in [-0.25, -0.2) is 9.97 Å². The van der Waals surface area contributed by atoms with Crippen LogP contribution in [0.15, 0.2) is 59.4 Å². The molecule has 5 rings (SSSR count). The number of hydrogen-bond acceptors (Lipinski definition) is 5. The van der Waals surface area contributed by atoms with Crippen molar-refractivity contribution in [2.75, 3.05) is 31.1 Å². The van der Waals surface area contributed by atoms with E-state index < -0.39 is 0 Å². The third kappa shape index (κ3) is 3.95. The van der Waals surface area contributed by atoms with E-state index in [1.54, 1.807) is 6.07 Å². The molecule has 32 heavy (non-hydrogen) atoms. The molecule has 2 aliphatic rings. The average Bonchev–Trinajstić information content (AvgIpc) is 2.77. The van der Waals surface area contributed by atoms with Gasteiger partial charge in [0.1, 0.15) is 11.6 Å². The van der Waals surface area contributed by atoms with E-state index in [1.807, 2.05) is 16.7 Å². The van der Waals surface area contributed by atoms with Crippen LogP contribution in [0.2, 0.25) is 0 Å². The molecule has 2 atom stereocenters. The first-order valence-electron chi connectivity index (χ1n) is 11.6. The Kier molecular flexibility index (Phi) is 5.55. The number of likely N-dealkylation sites (N-methyl/N-ethyl adjacent to an activating group) is 1. The molecule has 3 aromatic rings. The van der Waals surface area contributed by atoms with Crippen molar-refractivity contribution in [2.45, 2.75) is 39.3 Å². The highest BCUT2D eigenvalue weighted by Crippen LogP contribution is 2.35. The van der Waals surface area contributed by atoms with E-state index in [2.05, 4.69) is 54.5 Å². The van der Waals surface area contributed by atoms with E-state index in [9.17, 15) is 4.79 Å². The number of para-hydroxylation sites is 1. The van der Waals surface area contributed by atoms with Crippen LogP contribution in [0.25, 0.3) is 10.9 Å². The Morgan fingerprint density at radius 1 is 1.12 bits per heavy atom. The summed E-state index contributed by atoms with van der Waals surface area (Å²) in [5, 5.41) is 1.09. The zero-order valence-corrected chi connectivity index (χ0v) is 19.0.